The summed E-state index contributed by atoms with van der Waals surface area (Å²) in [5.74, 6) is 2.53. The Morgan fingerprint density at radius 1 is 1.17 bits per heavy atom. The first kappa shape index (κ1) is 16.1. The molecule has 1 saturated carbocycles. The van der Waals surface area contributed by atoms with Gasteiger partial charge in [0.15, 0.2) is 0 Å². The zero-order valence-electron chi connectivity index (χ0n) is 13.8. The van der Waals surface area contributed by atoms with Crippen molar-refractivity contribution in [3.05, 3.63) is 23.7 Å². The number of likely N-dealkylation sites (tertiary alicyclic amines) is 1. The highest BCUT2D eigenvalue weighted by atomic mass is 16.3. The topological polar surface area (TPSA) is 62.6 Å². The second-order valence-corrected chi connectivity index (χ2v) is 6.78. The molecule has 2 amide bonds. The van der Waals surface area contributed by atoms with Gasteiger partial charge in [-0.2, -0.15) is 0 Å². The van der Waals surface area contributed by atoms with Crippen LogP contribution < -0.4 is 5.32 Å². The normalized spacial score (nSPS) is 19.4. The van der Waals surface area contributed by atoms with E-state index in [9.17, 15) is 9.59 Å². The summed E-state index contributed by atoms with van der Waals surface area (Å²) in [6.45, 7) is 3.98. The van der Waals surface area contributed by atoms with Crippen LogP contribution in [0.3, 0.4) is 0 Å². The fourth-order valence-corrected chi connectivity index (χ4v) is 3.35. The van der Waals surface area contributed by atoms with Gasteiger partial charge in [-0.1, -0.05) is 6.42 Å². The second kappa shape index (κ2) is 7.20. The minimum atomic E-state index is 0.0405. The largest absolute Gasteiger partial charge is 0.466 e. The number of hydrogen-bond donors (Lipinski definition) is 1. The standard InChI is InChI=1S/C18H26N2O3/c1-13-5-6-16(23-13)7-10-19-17(21)14-8-11-20(12-9-14)18(22)15-3-2-4-15/h5-6,14-15H,2-4,7-12H2,1H3,(H,19,21). The van der Waals surface area contributed by atoms with Crippen molar-refractivity contribution in [1.29, 1.82) is 0 Å². The molecule has 0 aromatic carbocycles. The lowest BCUT2D eigenvalue weighted by Gasteiger charge is -2.36. The molecule has 1 aliphatic carbocycles. The summed E-state index contributed by atoms with van der Waals surface area (Å²) in [6, 6.07) is 3.89. The van der Waals surface area contributed by atoms with Gasteiger partial charge in [-0.05, 0) is 44.7 Å². The van der Waals surface area contributed by atoms with E-state index in [0.29, 0.717) is 12.5 Å². The molecular formula is C18H26N2O3. The van der Waals surface area contributed by atoms with Gasteiger partial charge in [-0.15, -0.1) is 0 Å². The van der Waals surface area contributed by atoms with Crippen LogP contribution >= 0.6 is 0 Å². The molecule has 0 bridgehead atoms. The van der Waals surface area contributed by atoms with Crippen molar-refractivity contribution in [3.63, 3.8) is 0 Å². The molecule has 1 aromatic heterocycles. The number of aryl methyl sites for hydroxylation is 1. The van der Waals surface area contributed by atoms with E-state index in [2.05, 4.69) is 5.32 Å². The highest BCUT2D eigenvalue weighted by Crippen LogP contribution is 2.30. The fourth-order valence-electron chi connectivity index (χ4n) is 3.35. The van der Waals surface area contributed by atoms with Gasteiger partial charge in [-0.3, -0.25) is 9.59 Å². The van der Waals surface area contributed by atoms with Crippen LogP contribution in [0.5, 0.6) is 0 Å². The lowest BCUT2D eigenvalue weighted by Crippen LogP contribution is -2.46. The number of nitrogens with one attached hydrogen (secondary N) is 1. The van der Waals surface area contributed by atoms with Gasteiger partial charge in [0.25, 0.3) is 0 Å². The van der Waals surface area contributed by atoms with Gasteiger partial charge < -0.3 is 14.6 Å². The molecule has 1 aliphatic heterocycles. The molecule has 5 nitrogen and oxygen atoms in total. The third kappa shape index (κ3) is 3.95. The van der Waals surface area contributed by atoms with Gasteiger partial charge in [0, 0.05) is 37.9 Å². The first-order chi connectivity index (χ1) is 11.1. The van der Waals surface area contributed by atoms with Gasteiger partial charge in [0.05, 0.1) is 0 Å². The maximum Gasteiger partial charge on any atom is 0.225 e. The maximum atomic E-state index is 12.2. The van der Waals surface area contributed by atoms with E-state index in [1.165, 1.54) is 6.42 Å². The number of rotatable bonds is 5. The van der Waals surface area contributed by atoms with Crippen LogP contribution in [0, 0.1) is 18.8 Å². The third-order valence-corrected chi connectivity index (χ3v) is 5.10. The second-order valence-electron chi connectivity index (χ2n) is 6.78. The minimum absolute atomic E-state index is 0.0405. The van der Waals surface area contributed by atoms with Gasteiger partial charge in [0.1, 0.15) is 11.5 Å². The van der Waals surface area contributed by atoms with Gasteiger partial charge in [-0.25, -0.2) is 0 Å². The van der Waals surface area contributed by atoms with E-state index in [0.717, 1.165) is 56.7 Å². The van der Waals surface area contributed by atoms with Crippen molar-refractivity contribution in [2.45, 2.75) is 45.4 Å². The summed E-state index contributed by atoms with van der Waals surface area (Å²) < 4.78 is 5.49. The number of hydrogen-bond acceptors (Lipinski definition) is 3. The van der Waals surface area contributed by atoms with Crippen molar-refractivity contribution in [2.75, 3.05) is 19.6 Å². The Kier molecular flexibility index (Phi) is 5.03. The average Bonchev–Trinajstić information content (AvgIpc) is 2.91. The Bertz CT molecular complexity index is 554. The molecule has 1 N–H and O–H groups in total. The third-order valence-electron chi connectivity index (χ3n) is 5.10. The Morgan fingerprint density at radius 2 is 1.91 bits per heavy atom. The Morgan fingerprint density at radius 3 is 2.48 bits per heavy atom. The van der Waals surface area contributed by atoms with Crippen LogP contribution in [0.4, 0.5) is 0 Å². The number of carbonyl (C=O) groups is 2. The number of furan rings is 1. The zero-order valence-corrected chi connectivity index (χ0v) is 13.8. The molecule has 1 aromatic rings. The summed E-state index contributed by atoms with van der Waals surface area (Å²) in [5, 5.41) is 3.00. The average molecular weight is 318 g/mol. The summed E-state index contributed by atoms with van der Waals surface area (Å²) >= 11 is 0. The minimum Gasteiger partial charge on any atom is -0.466 e. The molecule has 23 heavy (non-hydrogen) atoms. The van der Waals surface area contributed by atoms with Crippen molar-refractivity contribution in [1.82, 2.24) is 10.2 Å². The Labute approximate surface area is 137 Å². The van der Waals surface area contributed by atoms with Crippen LogP contribution in [0.1, 0.15) is 43.6 Å². The lowest BCUT2D eigenvalue weighted by molar-refractivity contribution is -0.141. The monoisotopic (exact) mass is 318 g/mol. The summed E-state index contributed by atoms with van der Waals surface area (Å²) in [7, 11) is 0. The van der Waals surface area contributed by atoms with E-state index < -0.39 is 0 Å². The number of carbonyl (C=O) groups excluding carboxylic acids is 2. The quantitative estimate of drug-likeness (QED) is 0.906. The first-order valence-corrected chi connectivity index (χ1v) is 8.75. The highest BCUT2D eigenvalue weighted by molar-refractivity contribution is 5.81. The molecule has 0 radical (unpaired) electrons. The smallest absolute Gasteiger partial charge is 0.225 e. The molecule has 2 fully saturated rings. The molecule has 5 heteroatoms. The van der Waals surface area contributed by atoms with Crippen molar-refractivity contribution in [2.24, 2.45) is 11.8 Å². The molecular weight excluding hydrogens is 292 g/mol. The molecule has 0 unspecified atom stereocenters. The molecule has 3 rings (SSSR count). The summed E-state index contributed by atoms with van der Waals surface area (Å²) in [5.41, 5.74) is 0. The van der Waals surface area contributed by atoms with Crippen LogP contribution in [-0.4, -0.2) is 36.3 Å². The van der Waals surface area contributed by atoms with Crippen molar-refractivity contribution < 1.29 is 14.0 Å². The molecule has 1 saturated heterocycles. The van der Waals surface area contributed by atoms with E-state index in [1.807, 2.05) is 24.0 Å². The number of amides is 2. The first-order valence-electron chi connectivity index (χ1n) is 8.75. The maximum absolute atomic E-state index is 12.2. The van der Waals surface area contributed by atoms with E-state index >= 15 is 0 Å². The van der Waals surface area contributed by atoms with Crippen LogP contribution in [0.25, 0.3) is 0 Å². The molecule has 126 valence electrons. The van der Waals surface area contributed by atoms with Gasteiger partial charge >= 0.3 is 0 Å². The Hall–Kier alpha value is -1.78. The van der Waals surface area contributed by atoms with E-state index in [-0.39, 0.29) is 17.7 Å². The van der Waals surface area contributed by atoms with Crippen LogP contribution in [-0.2, 0) is 16.0 Å². The van der Waals surface area contributed by atoms with Crippen LogP contribution in [0.15, 0.2) is 16.5 Å². The van der Waals surface area contributed by atoms with Crippen LogP contribution in [0.2, 0.25) is 0 Å². The van der Waals surface area contributed by atoms with E-state index in [4.69, 9.17) is 4.42 Å². The van der Waals surface area contributed by atoms with Crippen molar-refractivity contribution in [3.8, 4) is 0 Å². The fraction of sp³-hybridized carbons (Fsp3) is 0.667. The molecule has 0 spiro atoms. The SMILES string of the molecule is Cc1ccc(CCNC(=O)C2CCN(C(=O)C3CCC3)CC2)o1. The Balaban J connectivity index is 1.37. The summed E-state index contributed by atoms with van der Waals surface area (Å²) in [6.07, 6.45) is 5.56. The number of nitrogens with zero attached hydrogens (tertiary/aromatic N) is 1. The number of piperidine rings is 1. The molecule has 0 atom stereocenters. The predicted octanol–water partition coefficient (Wildman–Crippen LogP) is 2.29. The predicted molar refractivity (Wildman–Crippen MR) is 86.8 cm³/mol. The van der Waals surface area contributed by atoms with Crippen molar-refractivity contribution >= 4 is 11.8 Å². The van der Waals surface area contributed by atoms with Gasteiger partial charge in [0.2, 0.25) is 11.8 Å². The van der Waals surface area contributed by atoms with E-state index in [1.54, 1.807) is 0 Å². The highest BCUT2D eigenvalue weighted by Gasteiger charge is 2.33. The molecule has 2 heterocycles. The zero-order chi connectivity index (χ0) is 16.2. The molecule has 2 aliphatic rings. The summed E-state index contributed by atoms with van der Waals surface area (Å²) in [4.78, 5) is 26.4. The lowest BCUT2D eigenvalue weighted by atomic mass is 9.83.